The smallest absolute Gasteiger partial charge is 0.271 e. The van der Waals surface area contributed by atoms with E-state index in [0.29, 0.717) is 14.9 Å². The molecule has 2 rings (SSSR count). The van der Waals surface area contributed by atoms with Crippen LogP contribution in [0.1, 0.15) is 4.88 Å². The van der Waals surface area contributed by atoms with E-state index in [0.717, 1.165) is 4.88 Å². The Morgan fingerprint density at radius 3 is 2.59 bits per heavy atom. The number of halogens is 1. The van der Waals surface area contributed by atoms with Crippen LogP contribution in [0.3, 0.4) is 0 Å². The fourth-order valence-electron chi connectivity index (χ4n) is 1.22. The van der Waals surface area contributed by atoms with E-state index in [1.165, 1.54) is 17.4 Å². The number of thiophene rings is 1. The average Bonchev–Trinajstić information content (AvgIpc) is 2.69. The molecule has 0 aliphatic rings. The summed E-state index contributed by atoms with van der Waals surface area (Å²) in [5.74, 6) is 0. The Balaban J connectivity index is 2.26. The van der Waals surface area contributed by atoms with Crippen molar-refractivity contribution in [2.75, 3.05) is 4.72 Å². The van der Waals surface area contributed by atoms with Crippen molar-refractivity contribution in [2.45, 2.75) is 11.1 Å². The third-order valence-corrected chi connectivity index (χ3v) is 5.09. The van der Waals surface area contributed by atoms with Crippen molar-refractivity contribution in [3.8, 4) is 0 Å². The zero-order valence-electron chi connectivity index (χ0n) is 8.90. The lowest BCUT2D eigenvalue weighted by molar-refractivity contribution is 0.603. The number of benzene rings is 1. The highest BCUT2D eigenvalue weighted by molar-refractivity contribution is 7.94. The van der Waals surface area contributed by atoms with Crippen LogP contribution in [0.25, 0.3) is 0 Å². The Morgan fingerprint density at radius 1 is 1.29 bits per heavy atom. The van der Waals surface area contributed by atoms with Gasteiger partial charge in [0.2, 0.25) is 0 Å². The summed E-state index contributed by atoms with van der Waals surface area (Å²) in [6.07, 6.45) is 0. The fraction of sp³-hybridized carbons (Fsp3) is 0.0909. The van der Waals surface area contributed by atoms with Crippen molar-refractivity contribution >= 4 is 38.6 Å². The van der Waals surface area contributed by atoms with Crippen LogP contribution < -0.4 is 4.72 Å². The number of hydrogen-bond acceptors (Lipinski definition) is 3. The molecule has 0 fully saturated rings. The number of anilines is 1. The first-order valence-electron chi connectivity index (χ1n) is 4.74. The van der Waals surface area contributed by atoms with Gasteiger partial charge in [-0.1, -0.05) is 11.6 Å². The molecule has 0 unspecified atom stereocenters. The molecule has 17 heavy (non-hydrogen) atoms. The SMILES string of the molecule is Cc1ccc(S(=O)(=O)Nc2[c]cc(Cl)cc2)s1. The molecule has 0 spiro atoms. The van der Waals surface area contributed by atoms with Crippen LogP contribution in [0.15, 0.2) is 34.5 Å². The van der Waals surface area contributed by atoms with E-state index in [1.807, 2.05) is 6.92 Å². The second-order valence-electron chi connectivity index (χ2n) is 3.39. The Hall–Kier alpha value is -1.04. The van der Waals surface area contributed by atoms with Crippen molar-refractivity contribution in [1.29, 1.82) is 0 Å². The number of rotatable bonds is 3. The van der Waals surface area contributed by atoms with Gasteiger partial charge in [0.15, 0.2) is 0 Å². The quantitative estimate of drug-likeness (QED) is 0.941. The Kier molecular flexibility index (Phi) is 3.42. The summed E-state index contributed by atoms with van der Waals surface area (Å²) in [4.78, 5) is 0.950. The van der Waals surface area contributed by atoms with Crippen molar-refractivity contribution in [3.63, 3.8) is 0 Å². The van der Waals surface area contributed by atoms with Gasteiger partial charge in [0.1, 0.15) is 4.21 Å². The molecule has 1 N–H and O–H groups in total. The summed E-state index contributed by atoms with van der Waals surface area (Å²) < 4.78 is 26.6. The van der Waals surface area contributed by atoms with Gasteiger partial charge in [-0.15, -0.1) is 11.3 Å². The molecule has 0 saturated carbocycles. The van der Waals surface area contributed by atoms with Crippen LogP contribution in [0.2, 0.25) is 5.02 Å². The topological polar surface area (TPSA) is 46.2 Å². The molecule has 3 nitrogen and oxygen atoms in total. The lowest BCUT2D eigenvalue weighted by atomic mass is 10.3. The third kappa shape index (κ3) is 3.00. The minimum atomic E-state index is -3.51. The van der Waals surface area contributed by atoms with Crippen molar-refractivity contribution in [3.05, 3.63) is 46.3 Å². The predicted molar refractivity (Wildman–Crippen MR) is 70.2 cm³/mol. The van der Waals surface area contributed by atoms with E-state index in [4.69, 9.17) is 11.6 Å². The zero-order valence-corrected chi connectivity index (χ0v) is 11.3. The summed E-state index contributed by atoms with van der Waals surface area (Å²) in [6.45, 7) is 1.86. The van der Waals surface area contributed by atoms with E-state index < -0.39 is 10.0 Å². The highest BCUT2D eigenvalue weighted by Crippen LogP contribution is 2.23. The van der Waals surface area contributed by atoms with E-state index in [1.54, 1.807) is 24.3 Å². The van der Waals surface area contributed by atoms with Gasteiger partial charge in [-0.05, 0) is 37.3 Å². The van der Waals surface area contributed by atoms with Crippen LogP contribution in [0.5, 0.6) is 0 Å². The van der Waals surface area contributed by atoms with Crippen LogP contribution in [-0.4, -0.2) is 8.42 Å². The minimum absolute atomic E-state index is 0.290. The monoisotopic (exact) mass is 286 g/mol. The predicted octanol–water partition coefficient (Wildman–Crippen LogP) is 3.31. The maximum Gasteiger partial charge on any atom is 0.271 e. The molecule has 1 heterocycles. The van der Waals surface area contributed by atoms with E-state index in [2.05, 4.69) is 10.8 Å². The number of nitrogens with one attached hydrogen (secondary N) is 1. The Labute approximate surface area is 109 Å². The van der Waals surface area contributed by atoms with E-state index in [9.17, 15) is 8.42 Å². The van der Waals surface area contributed by atoms with Gasteiger partial charge in [0.05, 0.1) is 5.69 Å². The number of sulfonamides is 1. The van der Waals surface area contributed by atoms with Crippen molar-refractivity contribution in [2.24, 2.45) is 0 Å². The maximum absolute atomic E-state index is 11.9. The first-order chi connectivity index (χ1) is 7.97. The fourth-order valence-corrected chi connectivity index (χ4v) is 3.65. The number of hydrogen-bond donors (Lipinski definition) is 1. The largest absolute Gasteiger partial charge is 0.278 e. The second kappa shape index (κ2) is 4.68. The molecule has 6 heteroatoms. The first kappa shape index (κ1) is 12.4. The molecule has 0 bridgehead atoms. The summed E-state index contributed by atoms with van der Waals surface area (Å²) >= 11 is 6.92. The second-order valence-corrected chi connectivity index (χ2v) is 7.02. The Bertz CT molecular complexity index is 617. The first-order valence-corrected chi connectivity index (χ1v) is 7.42. The summed E-state index contributed by atoms with van der Waals surface area (Å²) in [7, 11) is -3.51. The van der Waals surface area contributed by atoms with E-state index in [-0.39, 0.29) is 0 Å². The average molecular weight is 287 g/mol. The molecule has 1 aromatic heterocycles. The van der Waals surface area contributed by atoms with Crippen LogP contribution >= 0.6 is 22.9 Å². The van der Waals surface area contributed by atoms with Crippen molar-refractivity contribution in [1.82, 2.24) is 0 Å². The molecule has 0 saturated heterocycles. The minimum Gasteiger partial charge on any atom is -0.278 e. The van der Waals surface area contributed by atoms with Gasteiger partial charge in [-0.3, -0.25) is 4.72 Å². The highest BCUT2D eigenvalue weighted by Gasteiger charge is 2.16. The van der Waals surface area contributed by atoms with E-state index >= 15 is 0 Å². The van der Waals surface area contributed by atoms with Crippen LogP contribution in [0.4, 0.5) is 5.69 Å². The summed E-state index contributed by atoms with van der Waals surface area (Å²) in [5, 5.41) is 0.514. The van der Waals surface area contributed by atoms with Crippen molar-refractivity contribution < 1.29 is 8.42 Å². The Morgan fingerprint density at radius 2 is 2.06 bits per heavy atom. The lowest BCUT2D eigenvalue weighted by Gasteiger charge is -2.05. The maximum atomic E-state index is 11.9. The molecule has 0 aliphatic heterocycles. The lowest BCUT2D eigenvalue weighted by Crippen LogP contribution is -2.11. The molecule has 1 aromatic carbocycles. The van der Waals surface area contributed by atoms with Gasteiger partial charge in [-0.25, -0.2) is 8.42 Å². The molecular formula is C11H9ClNO2S2. The molecule has 1 radical (unpaired) electrons. The normalized spacial score (nSPS) is 11.4. The molecular weight excluding hydrogens is 278 g/mol. The molecule has 89 valence electrons. The third-order valence-electron chi connectivity index (χ3n) is 2.00. The molecule has 0 atom stereocenters. The molecule has 0 amide bonds. The van der Waals surface area contributed by atoms with Gasteiger partial charge in [0.25, 0.3) is 10.0 Å². The van der Waals surface area contributed by atoms with Gasteiger partial charge in [0, 0.05) is 16.0 Å². The van der Waals surface area contributed by atoms with Crippen LogP contribution in [-0.2, 0) is 10.0 Å². The zero-order chi connectivity index (χ0) is 12.5. The van der Waals surface area contributed by atoms with Gasteiger partial charge < -0.3 is 0 Å². The highest BCUT2D eigenvalue weighted by atomic mass is 35.5. The number of aryl methyl sites for hydroxylation is 1. The summed E-state index contributed by atoms with van der Waals surface area (Å²) in [6, 6.07) is 10.8. The van der Waals surface area contributed by atoms with Crippen LogP contribution in [0, 0.1) is 13.0 Å². The molecule has 0 aliphatic carbocycles. The standard InChI is InChI=1S/C11H9ClNO2S2/c1-8-2-7-11(16-8)17(14,15)13-10-5-3-9(12)4-6-10/h2-5,7,13H,1H3. The van der Waals surface area contributed by atoms with Gasteiger partial charge in [-0.2, -0.15) is 0 Å². The summed E-state index contributed by atoms with van der Waals surface area (Å²) in [5.41, 5.74) is 0.375. The van der Waals surface area contributed by atoms with Gasteiger partial charge >= 0.3 is 0 Å². The molecule has 2 aromatic rings.